The number of H-pyrrole nitrogens is 1. The van der Waals surface area contributed by atoms with Crippen LogP contribution >= 0.6 is 0 Å². The van der Waals surface area contributed by atoms with Gasteiger partial charge in [-0.25, -0.2) is 31.3 Å². The molecule has 0 bridgehead atoms. The maximum Gasteiger partial charge on any atom is 0.335 e. The summed E-state index contributed by atoms with van der Waals surface area (Å²) in [6, 6.07) is 0. The van der Waals surface area contributed by atoms with Crippen LogP contribution in [0, 0.1) is 36.0 Å². The molecule has 0 fully saturated rings. The van der Waals surface area contributed by atoms with Crippen LogP contribution in [0.25, 0.3) is 0 Å². The molecule has 2 aromatic rings. The summed E-state index contributed by atoms with van der Waals surface area (Å²) in [5, 5.41) is 0. The van der Waals surface area contributed by atoms with E-state index in [1.807, 2.05) is 0 Å². The normalized spacial score (nSPS) is 10.8. The lowest BCUT2D eigenvalue weighted by atomic mass is 10.1. The molecular formula is C12H5F5N2O3. The van der Waals surface area contributed by atoms with E-state index in [-0.39, 0.29) is 10.1 Å². The largest absolute Gasteiger partial charge is 0.335 e. The Morgan fingerprint density at radius 2 is 1.41 bits per heavy atom. The molecule has 1 heterocycles. The number of aromatic amines is 1. The molecule has 22 heavy (non-hydrogen) atoms. The van der Waals surface area contributed by atoms with Crippen LogP contribution < -0.4 is 11.2 Å². The van der Waals surface area contributed by atoms with E-state index in [0.29, 0.717) is 6.20 Å². The Labute approximate surface area is 117 Å². The number of aryl methyl sites for hydroxylation is 1. The molecular weight excluding hydrogens is 315 g/mol. The Morgan fingerprint density at radius 3 is 1.91 bits per heavy atom. The van der Waals surface area contributed by atoms with Gasteiger partial charge in [-0.2, -0.15) is 0 Å². The molecule has 0 unspecified atom stereocenters. The van der Waals surface area contributed by atoms with E-state index < -0.39 is 51.8 Å². The fourth-order valence-electron chi connectivity index (χ4n) is 1.63. The second-order valence-corrected chi connectivity index (χ2v) is 4.19. The molecule has 116 valence electrons. The number of nitrogens with one attached hydrogen (secondary N) is 1. The molecule has 1 N–H and O–H groups in total. The highest BCUT2D eigenvalue weighted by Gasteiger charge is 2.31. The van der Waals surface area contributed by atoms with Crippen LogP contribution in [0.15, 0.2) is 15.8 Å². The van der Waals surface area contributed by atoms with Crippen LogP contribution in [0.1, 0.15) is 15.9 Å². The predicted molar refractivity (Wildman–Crippen MR) is 62.0 cm³/mol. The van der Waals surface area contributed by atoms with Gasteiger partial charge < -0.3 is 0 Å². The molecule has 0 saturated heterocycles. The average molecular weight is 320 g/mol. The van der Waals surface area contributed by atoms with Crippen LogP contribution in [0.4, 0.5) is 22.0 Å². The molecule has 0 spiro atoms. The molecule has 2 rings (SSSR count). The minimum Gasteiger partial charge on any atom is -0.273 e. The van der Waals surface area contributed by atoms with Gasteiger partial charge in [-0.3, -0.25) is 14.6 Å². The number of carbonyl (C=O) groups excluding carboxylic acids is 1. The zero-order valence-corrected chi connectivity index (χ0v) is 10.6. The van der Waals surface area contributed by atoms with Crippen molar-refractivity contribution in [3.8, 4) is 0 Å². The van der Waals surface area contributed by atoms with E-state index in [4.69, 9.17) is 0 Å². The average Bonchev–Trinajstić information content (AvgIpc) is 2.47. The topological polar surface area (TPSA) is 71.9 Å². The second-order valence-electron chi connectivity index (χ2n) is 4.19. The lowest BCUT2D eigenvalue weighted by Gasteiger charge is -2.09. The standard InChI is InChI=1S/C12H5F5N2O3/c1-3-2-19(12(22)18-10(3)20)11(21)4-5(13)7(15)9(17)8(16)6(4)14/h2H,1H3,(H,18,20,22). The number of halogens is 5. The Morgan fingerprint density at radius 1 is 0.955 bits per heavy atom. The van der Waals surface area contributed by atoms with Gasteiger partial charge in [0.15, 0.2) is 23.3 Å². The summed E-state index contributed by atoms with van der Waals surface area (Å²) in [5.74, 6) is -13.6. The molecule has 1 aromatic carbocycles. The third-order valence-corrected chi connectivity index (χ3v) is 2.76. The van der Waals surface area contributed by atoms with Gasteiger partial charge in [0.1, 0.15) is 5.56 Å². The molecule has 0 aliphatic rings. The zero-order chi connectivity index (χ0) is 16.8. The first-order chi connectivity index (χ1) is 10.2. The van der Waals surface area contributed by atoms with Crippen molar-refractivity contribution in [3.05, 3.63) is 67.2 Å². The van der Waals surface area contributed by atoms with E-state index in [1.165, 1.54) is 6.92 Å². The molecule has 1 aromatic heterocycles. The van der Waals surface area contributed by atoms with Gasteiger partial charge in [0, 0.05) is 11.8 Å². The number of hydrogen-bond donors (Lipinski definition) is 1. The second kappa shape index (κ2) is 5.20. The monoisotopic (exact) mass is 320 g/mol. The van der Waals surface area contributed by atoms with Crippen LogP contribution in [-0.4, -0.2) is 15.5 Å². The summed E-state index contributed by atoms with van der Waals surface area (Å²) in [5.41, 5.74) is -4.24. The van der Waals surface area contributed by atoms with Gasteiger partial charge in [-0.05, 0) is 6.92 Å². The number of aromatic nitrogens is 2. The third kappa shape index (κ3) is 2.22. The minimum atomic E-state index is -2.43. The quantitative estimate of drug-likeness (QED) is 0.488. The maximum absolute atomic E-state index is 13.5. The van der Waals surface area contributed by atoms with Crippen LogP contribution in [0.3, 0.4) is 0 Å². The third-order valence-electron chi connectivity index (χ3n) is 2.76. The van der Waals surface area contributed by atoms with Gasteiger partial charge in [-0.15, -0.1) is 0 Å². The van der Waals surface area contributed by atoms with Crippen molar-refractivity contribution in [1.82, 2.24) is 9.55 Å². The molecule has 0 amide bonds. The van der Waals surface area contributed by atoms with Crippen LogP contribution in [0.5, 0.6) is 0 Å². The minimum absolute atomic E-state index is 0.0367. The summed E-state index contributed by atoms with van der Waals surface area (Å²) in [7, 11) is 0. The highest BCUT2D eigenvalue weighted by Crippen LogP contribution is 2.23. The van der Waals surface area contributed by atoms with E-state index >= 15 is 0 Å². The van der Waals surface area contributed by atoms with Gasteiger partial charge in [0.2, 0.25) is 5.82 Å². The van der Waals surface area contributed by atoms with E-state index in [2.05, 4.69) is 0 Å². The molecule has 5 nitrogen and oxygen atoms in total. The van der Waals surface area contributed by atoms with E-state index in [0.717, 1.165) is 0 Å². The summed E-state index contributed by atoms with van der Waals surface area (Å²) in [6.07, 6.45) is 0.627. The van der Waals surface area contributed by atoms with Crippen molar-refractivity contribution in [3.63, 3.8) is 0 Å². The first-order valence-electron chi connectivity index (χ1n) is 5.55. The summed E-state index contributed by atoms with van der Waals surface area (Å²) < 4.78 is 66.1. The van der Waals surface area contributed by atoms with Crippen molar-refractivity contribution in [2.45, 2.75) is 6.92 Å². The summed E-state index contributed by atoms with van der Waals surface area (Å²) in [4.78, 5) is 36.1. The van der Waals surface area contributed by atoms with Crippen molar-refractivity contribution in [2.75, 3.05) is 0 Å². The van der Waals surface area contributed by atoms with Gasteiger partial charge in [0.25, 0.3) is 11.5 Å². The van der Waals surface area contributed by atoms with Crippen molar-refractivity contribution < 1.29 is 26.7 Å². The number of nitrogens with zero attached hydrogens (tertiary/aromatic N) is 1. The van der Waals surface area contributed by atoms with Gasteiger partial charge in [-0.1, -0.05) is 0 Å². The molecule has 0 aliphatic carbocycles. The summed E-state index contributed by atoms with van der Waals surface area (Å²) >= 11 is 0. The van der Waals surface area contributed by atoms with Gasteiger partial charge in [0.05, 0.1) is 0 Å². The Balaban J connectivity index is 2.79. The summed E-state index contributed by atoms with van der Waals surface area (Å²) in [6.45, 7) is 1.17. The van der Waals surface area contributed by atoms with Crippen molar-refractivity contribution in [1.29, 1.82) is 0 Å². The Hall–Kier alpha value is -2.78. The molecule has 10 heteroatoms. The Bertz CT molecular complexity index is 887. The number of carbonyl (C=O) groups is 1. The SMILES string of the molecule is Cc1cn(C(=O)c2c(F)c(F)c(F)c(F)c2F)c(=O)[nH]c1=O. The highest BCUT2D eigenvalue weighted by molar-refractivity contribution is 5.96. The van der Waals surface area contributed by atoms with Crippen LogP contribution in [0.2, 0.25) is 0 Å². The molecule has 0 saturated carbocycles. The fraction of sp³-hybridized carbons (Fsp3) is 0.0833. The van der Waals surface area contributed by atoms with Crippen molar-refractivity contribution in [2.24, 2.45) is 0 Å². The maximum atomic E-state index is 13.5. The lowest BCUT2D eigenvalue weighted by Crippen LogP contribution is -2.36. The number of benzene rings is 1. The smallest absolute Gasteiger partial charge is 0.273 e. The molecule has 0 radical (unpaired) electrons. The number of hydrogen-bond acceptors (Lipinski definition) is 3. The molecule has 0 atom stereocenters. The first-order valence-corrected chi connectivity index (χ1v) is 5.55. The predicted octanol–water partition coefficient (Wildman–Crippen LogP) is 1.23. The zero-order valence-electron chi connectivity index (χ0n) is 10.6. The van der Waals surface area contributed by atoms with Gasteiger partial charge >= 0.3 is 5.69 Å². The van der Waals surface area contributed by atoms with Crippen molar-refractivity contribution >= 4 is 5.91 Å². The van der Waals surface area contributed by atoms with E-state index in [9.17, 15) is 36.3 Å². The Kier molecular flexibility index (Phi) is 3.69. The van der Waals surface area contributed by atoms with E-state index in [1.54, 1.807) is 4.98 Å². The first kappa shape index (κ1) is 15.6. The van der Waals surface area contributed by atoms with Crippen LogP contribution in [-0.2, 0) is 0 Å². The number of rotatable bonds is 1. The lowest BCUT2D eigenvalue weighted by molar-refractivity contribution is 0.0942. The highest BCUT2D eigenvalue weighted by atomic mass is 19.2. The molecule has 0 aliphatic heterocycles. The fourth-order valence-corrected chi connectivity index (χ4v) is 1.63.